The van der Waals surface area contributed by atoms with Crippen LogP contribution in [0.15, 0.2) is 36.5 Å². The van der Waals surface area contributed by atoms with E-state index >= 15 is 0 Å². The number of hydrogen-bond acceptors (Lipinski definition) is 4. The van der Waals surface area contributed by atoms with Gasteiger partial charge >= 0.3 is 6.18 Å². The highest BCUT2D eigenvalue weighted by atomic mass is 19.4. The van der Waals surface area contributed by atoms with Crippen molar-refractivity contribution < 1.29 is 13.2 Å². The molecular formula is C14H15F3N4. The molecule has 0 aliphatic rings. The van der Waals surface area contributed by atoms with Crippen molar-refractivity contribution >= 4 is 17.5 Å². The zero-order chi connectivity index (χ0) is 15.3. The van der Waals surface area contributed by atoms with Crippen molar-refractivity contribution in [1.29, 1.82) is 0 Å². The molecule has 2 aromatic rings. The largest absolute Gasteiger partial charge is 0.416 e. The molecule has 0 spiro atoms. The quantitative estimate of drug-likeness (QED) is 0.873. The minimum Gasteiger partial charge on any atom is -0.354 e. The van der Waals surface area contributed by atoms with Crippen LogP contribution in [-0.2, 0) is 6.18 Å². The second-order valence-electron chi connectivity index (χ2n) is 4.40. The Kier molecular flexibility index (Phi) is 4.62. The summed E-state index contributed by atoms with van der Waals surface area (Å²) in [5.41, 5.74) is -0.379. The SMILES string of the molecule is CCCNc1nccc(Nc2cccc(C(F)(F)F)c2)n1. The highest BCUT2D eigenvalue weighted by molar-refractivity contribution is 5.58. The summed E-state index contributed by atoms with van der Waals surface area (Å²) in [4.78, 5) is 8.22. The maximum atomic E-state index is 12.6. The van der Waals surface area contributed by atoms with Crippen molar-refractivity contribution in [3.8, 4) is 0 Å². The van der Waals surface area contributed by atoms with Gasteiger partial charge in [-0.25, -0.2) is 4.98 Å². The number of rotatable bonds is 5. The molecular weight excluding hydrogens is 281 g/mol. The molecule has 0 amide bonds. The molecule has 2 N–H and O–H groups in total. The molecule has 0 aliphatic heterocycles. The normalized spacial score (nSPS) is 11.2. The molecule has 0 unspecified atom stereocenters. The Morgan fingerprint density at radius 2 is 2.00 bits per heavy atom. The number of alkyl halides is 3. The maximum absolute atomic E-state index is 12.6. The van der Waals surface area contributed by atoms with Crippen molar-refractivity contribution in [3.63, 3.8) is 0 Å². The molecule has 2 rings (SSSR count). The van der Waals surface area contributed by atoms with Gasteiger partial charge in [0.25, 0.3) is 0 Å². The van der Waals surface area contributed by atoms with E-state index in [1.165, 1.54) is 6.07 Å². The number of halogens is 3. The lowest BCUT2D eigenvalue weighted by Crippen LogP contribution is -2.07. The molecule has 7 heteroatoms. The molecule has 112 valence electrons. The van der Waals surface area contributed by atoms with Crippen LogP contribution in [0.2, 0.25) is 0 Å². The predicted octanol–water partition coefficient (Wildman–Crippen LogP) is 4.06. The van der Waals surface area contributed by atoms with Crippen LogP contribution >= 0.6 is 0 Å². The zero-order valence-corrected chi connectivity index (χ0v) is 11.4. The van der Waals surface area contributed by atoms with Gasteiger partial charge in [0.2, 0.25) is 5.95 Å². The van der Waals surface area contributed by atoms with E-state index in [1.807, 2.05) is 6.92 Å². The molecule has 21 heavy (non-hydrogen) atoms. The van der Waals surface area contributed by atoms with Gasteiger partial charge in [0.05, 0.1) is 5.56 Å². The molecule has 0 atom stereocenters. The summed E-state index contributed by atoms with van der Waals surface area (Å²) in [6.45, 7) is 2.74. The van der Waals surface area contributed by atoms with Crippen molar-refractivity contribution in [1.82, 2.24) is 9.97 Å². The fourth-order valence-electron chi connectivity index (χ4n) is 1.67. The van der Waals surface area contributed by atoms with Gasteiger partial charge in [-0.1, -0.05) is 13.0 Å². The summed E-state index contributed by atoms with van der Waals surface area (Å²) in [6, 6.07) is 6.57. The first-order chi connectivity index (χ1) is 9.99. The third kappa shape index (κ3) is 4.34. The molecule has 0 radical (unpaired) electrons. The number of nitrogens with one attached hydrogen (secondary N) is 2. The molecule has 4 nitrogen and oxygen atoms in total. The van der Waals surface area contributed by atoms with E-state index < -0.39 is 11.7 Å². The second-order valence-corrected chi connectivity index (χ2v) is 4.40. The van der Waals surface area contributed by atoms with E-state index in [0.717, 1.165) is 25.1 Å². The minimum atomic E-state index is -4.36. The third-order valence-corrected chi connectivity index (χ3v) is 2.65. The van der Waals surface area contributed by atoms with Crippen LogP contribution in [0.3, 0.4) is 0 Å². The molecule has 0 fully saturated rings. The first kappa shape index (κ1) is 15.1. The number of benzene rings is 1. The summed E-state index contributed by atoms with van der Waals surface area (Å²) >= 11 is 0. The highest BCUT2D eigenvalue weighted by Crippen LogP contribution is 2.31. The number of anilines is 3. The van der Waals surface area contributed by atoms with Crippen LogP contribution in [-0.4, -0.2) is 16.5 Å². The van der Waals surface area contributed by atoms with Crippen molar-refractivity contribution in [3.05, 3.63) is 42.1 Å². The van der Waals surface area contributed by atoms with Crippen LogP contribution in [0.1, 0.15) is 18.9 Å². The van der Waals surface area contributed by atoms with Gasteiger partial charge < -0.3 is 10.6 Å². The Balaban J connectivity index is 2.14. The fraction of sp³-hybridized carbons (Fsp3) is 0.286. The van der Waals surface area contributed by atoms with E-state index in [0.29, 0.717) is 17.5 Å². The van der Waals surface area contributed by atoms with E-state index in [1.54, 1.807) is 18.3 Å². The first-order valence-electron chi connectivity index (χ1n) is 6.50. The summed E-state index contributed by atoms with van der Waals surface area (Å²) in [5.74, 6) is 0.872. The number of nitrogens with zero attached hydrogens (tertiary/aromatic N) is 2. The van der Waals surface area contributed by atoms with Gasteiger partial charge in [0, 0.05) is 18.4 Å². The molecule has 1 aromatic heterocycles. The van der Waals surface area contributed by atoms with Crippen LogP contribution in [0.4, 0.5) is 30.6 Å². The van der Waals surface area contributed by atoms with E-state index in [9.17, 15) is 13.2 Å². The Morgan fingerprint density at radius 3 is 2.71 bits per heavy atom. The van der Waals surface area contributed by atoms with E-state index in [-0.39, 0.29) is 0 Å². The summed E-state index contributed by atoms with van der Waals surface area (Å²) in [6.07, 6.45) is -1.90. The van der Waals surface area contributed by atoms with Crippen LogP contribution in [0, 0.1) is 0 Å². The summed E-state index contributed by atoms with van der Waals surface area (Å²) in [7, 11) is 0. The molecule has 0 aliphatic carbocycles. The van der Waals surface area contributed by atoms with Gasteiger partial charge in [0.1, 0.15) is 5.82 Å². The molecule has 0 bridgehead atoms. The zero-order valence-electron chi connectivity index (χ0n) is 11.4. The Labute approximate surface area is 120 Å². The Morgan fingerprint density at radius 1 is 1.19 bits per heavy atom. The number of hydrogen-bond donors (Lipinski definition) is 2. The Hall–Kier alpha value is -2.31. The second kappa shape index (κ2) is 6.43. The lowest BCUT2D eigenvalue weighted by atomic mass is 10.2. The van der Waals surface area contributed by atoms with Crippen LogP contribution in [0.5, 0.6) is 0 Å². The van der Waals surface area contributed by atoms with Gasteiger partial charge in [-0.05, 0) is 30.7 Å². The molecule has 0 saturated heterocycles. The van der Waals surface area contributed by atoms with Crippen LogP contribution < -0.4 is 10.6 Å². The van der Waals surface area contributed by atoms with E-state index in [4.69, 9.17) is 0 Å². The van der Waals surface area contributed by atoms with Crippen LogP contribution in [0.25, 0.3) is 0 Å². The van der Waals surface area contributed by atoms with Gasteiger partial charge in [-0.15, -0.1) is 0 Å². The number of aromatic nitrogens is 2. The Bertz CT molecular complexity index is 599. The van der Waals surface area contributed by atoms with Crippen molar-refractivity contribution in [2.45, 2.75) is 19.5 Å². The van der Waals surface area contributed by atoms with Gasteiger partial charge in [-0.3, -0.25) is 0 Å². The highest BCUT2D eigenvalue weighted by Gasteiger charge is 2.30. The van der Waals surface area contributed by atoms with Gasteiger partial charge in [-0.2, -0.15) is 18.2 Å². The first-order valence-corrected chi connectivity index (χ1v) is 6.50. The molecule has 1 heterocycles. The minimum absolute atomic E-state index is 0.324. The average molecular weight is 296 g/mol. The monoisotopic (exact) mass is 296 g/mol. The van der Waals surface area contributed by atoms with E-state index in [2.05, 4.69) is 20.6 Å². The molecule has 1 aromatic carbocycles. The maximum Gasteiger partial charge on any atom is 0.416 e. The lowest BCUT2D eigenvalue weighted by molar-refractivity contribution is -0.137. The molecule has 0 saturated carbocycles. The predicted molar refractivity (Wildman–Crippen MR) is 75.5 cm³/mol. The average Bonchev–Trinajstić information content (AvgIpc) is 2.45. The van der Waals surface area contributed by atoms with Gasteiger partial charge in [0.15, 0.2) is 0 Å². The van der Waals surface area contributed by atoms with Crippen molar-refractivity contribution in [2.75, 3.05) is 17.2 Å². The standard InChI is InChI=1S/C14H15F3N4/c1-2-7-18-13-19-8-6-12(21-13)20-11-5-3-4-10(9-11)14(15,16)17/h3-6,8-9H,2,7H2,1H3,(H2,18,19,20,21). The summed E-state index contributed by atoms with van der Waals surface area (Å²) < 4.78 is 37.9. The smallest absolute Gasteiger partial charge is 0.354 e. The topological polar surface area (TPSA) is 49.8 Å². The fourth-order valence-corrected chi connectivity index (χ4v) is 1.67. The summed E-state index contributed by atoms with van der Waals surface area (Å²) in [5, 5.41) is 5.86. The lowest BCUT2D eigenvalue weighted by Gasteiger charge is -2.11. The van der Waals surface area contributed by atoms with Crippen molar-refractivity contribution in [2.24, 2.45) is 0 Å². The third-order valence-electron chi connectivity index (χ3n) is 2.65.